The van der Waals surface area contributed by atoms with Gasteiger partial charge in [-0.1, -0.05) is 41.9 Å². The molecule has 4 heteroatoms. The van der Waals surface area contributed by atoms with Crippen LogP contribution >= 0.6 is 11.6 Å². The van der Waals surface area contributed by atoms with Crippen LogP contribution in [0.25, 0.3) is 0 Å². The molecular formula is C18H22ClNO2. The number of ether oxygens (including phenoxy) is 2. The van der Waals surface area contributed by atoms with E-state index in [1.165, 1.54) is 5.56 Å². The average molecular weight is 320 g/mol. The Kier molecular flexibility index (Phi) is 6.56. The van der Waals surface area contributed by atoms with Gasteiger partial charge in [-0.25, -0.2) is 0 Å². The molecule has 2 rings (SSSR count). The summed E-state index contributed by atoms with van der Waals surface area (Å²) >= 11 is 6.15. The van der Waals surface area contributed by atoms with Crippen LogP contribution in [-0.2, 0) is 13.0 Å². The largest absolute Gasteiger partial charge is 0.493 e. The molecule has 0 saturated carbocycles. The van der Waals surface area contributed by atoms with E-state index < -0.39 is 0 Å². The highest BCUT2D eigenvalue weighted by molar-refractivity contribution is 6.30. The van der Waals surface area contributed by atoms with Crippen molar-refractivity contribution in [2.24, 2.45) is 0 Å². The third-order valence-electron chi connectivity index (χ3n) is 3.35. The minimum atomic E-state index is 0.592. The van der Waals surface area contributed by atoms with Crippen LogP contribution in [0.5, 0.6) is 11.5 Å². The summed E-state index contributed by atoms with van der Waals surface area (Å²) in [5.41, 5.74) is 2.34. The molecule has 118 valence electrons. The molecule has 0 spiro atoms. The van der Waals surface area contributed by atoms with Gasteiger partial charge >= 0.3 is 0 Å². The van der Waals surface area contributed by atoms with Crippen LogP contribution in [0, 0.1) is 0 Å². The molecule has 0 unspecified atom stereocenters. The van der Waals surface area contributed by atoms with E-state index in [-0.39, 0.29) is 0 Å². The maximum absolute atomic E-state index is 6.15. The van der Waals surface area contributed by atoms with Crippen molar-refractivity contribution in [1.82, 2.24) is 5.32 Å². The van der Waals surface area contributed by atoms with E-state index in [0.29, 0.717) is 23.9 Å². The zero-order valence-corrected chi connectivity index (χ0v) is 13.8. The Labute approximate surface area is 137 Å². The molecule has 0 fully saturated rings. The molecule has 0 aromatic heterocycles. The molecule has 0 heterocycles. The molecule has 2 aromatic carbocycles. The Morgan fingerprint density at radius 2 is 1.91 bits per heavy atom. The molecule has 0 radical (unpaired) electrons. The third kappa shape index (κ3) is 4.65. The molecule has 0 bridgehead atoms. The fraction of sp³-hybridized carbons (Fsp3) is 0.333. The van der Waals surface area contributed by atoms with E-state index in [1.54, 1.807) is 13.2 Å². The minimum absolute atomic E-state index is 0.592. The van der Waals surface area contributed by atoms with Crippen LogP contribution < -0.4 is 14.8 Å². The summed E-state index contributed by atoms with van der Waals surface area (Å²) in [5, 5.41) is 4.09. The van der Waals surface area contributed by atoms with Gasteiger partial charge in [-0.15, -0.1) is 0 Å². The van der Waals surface area contributed by atoms with Crippen molar-refractivity contribution in [1.29, 1.82) is 0 Å². The first-order valence-corrected chi connectivity index (χ1v) is 7.86. The summed E-state index contributed by atoms with van der Waals surface area (Å²) < 4.78 is 11.1. The molecule has 0 saturated heterocycles. The van der Waals surface area contributed by atoms with Crippen molar-refractivity contribution in [3.05, 3.63) is 58.6 Å². The van der Waals surface area contributed by atoms with E-state index in [2.05, 4.69) is 29.6 Å². The van der Waals surface area contributed by atoms with Crippen LogP contribution in [0.15, 0.2) is 42.5 Å². The standard InChI is InChI=1S/C18H22ClNO2/c1-3-22-18-15(11-16(19)12-17(18)21-2)13-20-10-9-14-7-5-4-6-8-14/h4-8,11-12,20H,3,9-10,13H2,1-2H3. The molecule has 0 aliphatic carbocycles. The Hall–Kier alpha value is -1.71. The van der Waals surface area contributed by atoms with E-state index in [4.69, 9.17) is 21.1 Å². The smallest absolute Gasteiger partial charge is 0.165 e. The fourth-order valence-electron chi connectivity index (χ4n) is 2.31. The van der Waals surface area contributed by atoms with Crippen LogP contribution in [0.1, 0.15) is 18.1 Å². The normalized spacial score (nSPS) is 10.5. The van der Waals surface area contributed by atoms with Crippen molar-refractivity contribution in [3.8, 4) is 11.5 Å². The molecule has 0 aliphatic heterocycles. The maximum Gasteiger partial charge on any atom is 0.165 e. The summed E-state index contributed by atoms with van der Waals surface area (Å²) in [6, 6.07) is 14.1. The zero-order chi connectivity index (χ0) is 15.8. The predicted octanol–water partition coefficient (Wildman–Crippen LogP) is 4.08. The molecular weight excluding hydrogens is 298 g/mol. The quantitative estimate of drug-likeness (QED) is 0.744. The summed E-state index contributed by atoms with van der Waals surface area (Å²) in [7, 11) is 1.63. The van der Waals surface area contributed by atoms with Gasteiger partial charge in [-0.05, 0) is 31.5 Å². The first-order valence-electron chi connectivity index (χ1n) is 7.48. The minimum Gasteiger partial charge on any atom is -0.493 e. The average Bonchev–Trinajstić information content (AvgIpc) is 2.54. The molecule has 0 atom stereocenters. The predicted molar refractivity (Wildman–Crippen MR) is 91.0 cm³/mol. The van der Waals surface area contributed by atoms with Crippen molar-refractivity contribution >= 4 is 11.6 Å². The number of nitrogens with one attached hydrogen (secondary N) is 1. The number of rotatable bonds is 8. The summed E-state index contributed by atoms with van der Waals surface area (Å²) in [6.45, 7) is 4.14. The zero-order valence-electron chi connectivity index (χ0n) is 13.1. The molecule has 0 amide bonds. The number of hydrogen-bond acceptors (Lipinski definition) is 3. The van der Waals surface area contributed by atoms with Gasteiger partial charge in [0.15, 0.2) is 11.5 Å². The topological polar surface area (TPSA) is 30.5 Å². The molecule has 2 aromatic rings. The molecule has 3 nitrogen and oxygen atoms in total. The second-order valence-electron chi connectivity index (χ2n) is 4.94. The van der Waals surface area contributed by atoms with Crippen LogP contribution in [-0.4, -0.2) is 20.3 Å². The van der Waals surface area contributed by atoms with E-state index in [9.17, 15) is 0 Å². The summed E-state index contributed by atoms with van der Waals surface area (Å²) in [6.07, 6.45) is 0.989. The highest BCUT2D eigenvalue weighted by atomic mass is 35.5. The number of hydrogen-bond donors (Lipinski definition) is 1. The Morgan fingerprint density at radius 1 is 1.14 bits per heavy atom. The van der Waals surface area contributed by atoms with Gasteiger partial charge < -0.3 is 14.8 Å². The van der Waals surface area contributed by atoms with Crippen molar-refractivity contribution < 1.29 is 9.47 Å². The second-order valence-corrected chi connectivity index (χ2v) is 5.38. The SMILES string of the molecule is CCOc1c(CNCCc2ccccc2)cc(Cl)cc1OC. The molecule has 1 N–H and O–H groups in total. The lowest BCUT2D eigenvalue weighted by atomic mass is 10.1. The lowest BCUT2D eigenvalue weighted by Crippen LogP contribution is -2.17. The van der Waals surface area contributed by atoms with Gasteiger partial charge in [-0.2, -0.15) is 0 Å². The van der Waals surface area contributed by atoms with Gasteiger partial charge in [0, 0.05) is 23.2 Å². The summed E-state index contributed by atoms with van der Waals surface area (Å²) in [5.74, 6) is 1.44. The van der Waals surface area contributed by atoms with Crippen molar-refractivity contribution in [2.75, 3.05) is 20.3 Å². The van der Waals surface area contributed by atoms with Gasteiger partial charge in [0.1, 0.15) is 0 Å². The van der Waals surface area contributed by atoms with Crippen LogP contribution in [0.2, 0.25) is 5.02 Å². The monoisotopic (exact) mass is 319 g/mol. The maximum atomic E-state index is 6.15. The Balaban J connectivity index is 1.98. The lowest BCUT2D eigenvalue weighted by molar-refractivity contribution is 0.307. The Morgan fingerprint density at radius 3 is 2.59 bits per heavy atom. The third-order valence-corrected chi connectivity index (χ3v) is 3.57. The van der Waals surface area contributed by atoms with Crippen LogP contribution in [0.3, 0.4) is 0 Å². The molecule has 0 aliphatic rings. The number of halogens is 1. The number of benzene rings is 2. The fourth-order valence-corrected chi connectivity index (χ4v) is 2.55. The second kappa shape index (κ2) is 8.66. The van der Waals surface area contributed by atoms with Gasteiger partial charge in [0.25, 0.3) is 0 Å². The van der Waals surface area contributed by atoms with Gasteiger partial charge in [-0.3, -0.25) is 0 Å². The first-order chi connectivity index (χ1) is 10.7. The number of methoxy groups -OCH3 is 1. The van der Waals surface area contributed by atoms with Gasteiger partial charge in [0.2, 0.25) is 0 Å². The summed E-state index contributed by atoms with van der Waals surface area (Å²) in [4.78, 5) is 0. The molecule has 22 heavy (non-hydrogen) atoms. The van der Waals surface area contributed by atoms with Crippen molar-refractivity contribution in [3.63, 3.8) is 0 Å². The highest BCUT2D eigenvalue weighted by Crippen LogP contribution is 2.34. The van der Waals surface area contributed by atoms with Gasteiger partial charge in [0.05, 0.1) is 13.7 Å². The van der Waals surface area contributed by atoms with E-state index in [1.807, 2.05) is 19.1 Å². The lowest BCUT2D eigenvalue weighted by Gasteiger charge is -2.15. The van der Waals surface area contributed by atoms with E-state index in [0.717, 1.165) is 24.3 Å². The van der Waals surface area contributed by atoms with Crippen molar-refractivity contribution in [2.45, 2.75) is 19.9 Å². The first kappa shape index (κ1) is 16.7. The highest BCUT2D eigenvalue weighted by Gasteiger charge is 2.12. The van der Waals surface area contributed by atoms with Crippen LogP contribution in [0.4, 0.5) is 0 Å². The van der Waals surface area contributed by atoms with E-state index >= 15 is 0 Å². The Bertz CT molecular complexity index is 587.